The van der Waals surface area contributed by atoms with Gasteiger partial charge in [0.1, 0.15) is 0 Å². The molecule has 28 heavy (non-hydrogen) atoms. The fraction of sp³-hybridized carbons (Fsp3) is 0.227. The Bertz CT molecular complexity index is 1050. The number of fused-ring (bicyclic) bond motifs is 1. The molecule has 0 saturated heterocycles. The van der Waals surface area contributed by atoms with Crippen LogP contribution in [-0.2, 0) is 17.9 Å². The zero-order valence-electron chi connectivity index (χ0n) is 16.0. The lowest BCUT2D eigenvalue weighted by atomic mass is 10.2. The van der Waals surface area contributed by atoms with Gasteiger partial charge in [0.25, 0.3) is 5.56 Å². The minimum absolute atomic E-state index is 0.0126. The van der Waals surface area contributed by atoms with Crippen LogP contribution in [-0.4, -0.2) is 32.7 Å². The molecule has 0 bridgehead atoms. The molecule has 0 fully saturated rings. The van der Waals surface area contributed by atoms with Gasteiger partial charge in [-0.1, -0.05) is 60.3 Å². The van der Waals surface area contributed by atoms with E-state index in [1.807, 2.05) is 55.5 Å². The van der Waals surface area contributed by atoms with Crippen molar-refractivity contribution in [3.8, 4) is 0 Å². The number of carbonyl (C=O) groups is 1. The Kier molecular flexibility index (Phi) is 6.31. The number of thioether (sulfide) groups is 1. The van der Waals surface area contributed by atoms with E-state index in [0.717, 1.165) is 5.56 Å². The van der Waals surface area contributed by atoms with E-state index < -0.39 is 0 Å². The fourth-order valence-electron chi connectivity index (χ4n) is 2.98. The Hall–Kier alpha value is -2.86. The maximum absolute atomic E-state index is 12.8. The van der Waals surface area contributed by atoms with Crippen LogP contribution in [0.4, 0.5) is 0 Å². The van der Waals surface area contributed by atoms with Gasteiger partial charge in [0.05, 0.1) is 16.2 Å². The molecule has 1 atom stereocenters. The quantitative estimate of drug-likeness (QED) is 0.349. The van der Waals surface area contributed by atoms with E-state index in [0.29, 0.717) is 29.1 Å². The summed E-state index contributed by atoms with van der Waals surface area (Å²) in [4.78, 5) is 32.0. The largest absolute Gasteiger partial charge is 0.340 e. The lowest BCUT2D eigenvalue weighted by Crippen LogP contribution is -2.33. The first kappa shape index (κ1) is 19.9. The molecule has 2 aromatic carbocycles. The van der Waals surface area contributed by atoms with Gasteiger partial charge in [-0.15, -0.1) is 6.58 Å². The molecule has 0 aliphatic heterocycles. The third-order valence-electron chi connectivity index (χ3n) is 4.41. The second kappa shape index (κ2) is 8.89. The predicted octanol–water partition coefficient (Wildman–Crippen LogP) is 3.72. The predicted molar refractivity (Wildman–Crippen MR) is 114 cm³/mol. The van der Waals surface area contributed by atoms with Gasteiger partial charge >= 0.3 is 0 Å². The van der Waals surface area contributed by atoms with Gasteiger partial charge in [0, 0.05) is 20.1 Å². The molecule has 0 unspecified atom stereocenters. The van der Waals surface area contributed by atoms with Crippen LogP contribution in [0.2, 0.25) is 0 Å². The van der Waals surface area contributed by atoms with Crippen molar-refractivity contribution in [1.82, 2.24) is 14.5 Å². The molecule has 1 aromatic heterocycles. The standard InChI is InChI=1S/C22H23N3O2S/c1-4-14-25-21(27)18-12-8-9-13-19(18)23-22(25)28-16(2)20(26)24(3)15-17-10-6-5-7-11-17/h4-13,16H,1,14-15H2,2-3H3/t16-/m0/s1. The Morgan fingerprint density at radius 1 is 1.21 bits per heavy atom. The summed E-state index contributed by atoms with van der Waals surface area (Å²) in [5, 5.41) is 0.712. The molecule has 3 aromatic rings. The molecular formula is C22H23N3O2S. The highest BCUT2D eigenvalue weighted by Crippen LogP contribution is 2.24. The third-order valence-corrected chi connectivity index (χ3v) is 5.48. The highest BCUT2D eigenvalue weighted by Gasteiger charge is 2.22. The fourth-order valence-corrected chi connectivity index (χ4v) is 4.01. The van der Waals surface area contributed by atoms with Gasteiger partial charge in [0.2, 0.25) is 5.91 Å². The summed E-state index contributed by atoms with van der Waals surface area (Å²) in [5.74, 6) is -0.0126. The second-order valence-electron chi connectivity index (χ2n) is 6.56. The van der Waals surface area contributed by atoms with Crippen LogP contribution >= 0.6 is 11.8 Å². The topological polar surface area (TPSA) is 55.2 Å². The summed E-state index contributed by atoms with van der Waals surface area (Å²) in [5.41, 5.74) is 1.58. The highest BCUT2D eigenvalue weighted by molar-refractivity contribution is 8.00. The molecule has 144 valence electrons. The Morgan fingerprint density at radius 2 is 1.89 bits per heavy atom. The zero-order chi connectivity index (χ0) is 20.1. The lowest BCUT2D eigenvalue weighted by Gasteiger charge is -2.22. The Balaban J connectivity index is 1.84. The van der Waals surface area contributed by atoms with Gasteiger partial charge in [-0.3, -0.25) is 14.2 Å². The third kappa shape index (κ3) is 4.34. The number of rotatable bonds is 7. The number of para-hydroxylation sites is 1. The van der Waals surface area contributed by atoms with Crippen molar-refractivity contribution >= 4 is 28.6 Å². The van der Waals surface area contributed by atoms with Gasteiger partial charge in [-0.05, 0) is 24.6 Å². The second-order valence-corrected chi connectivity index (χ2v) is 7.86. The molecular weight excluding hydrogens is 370 g/mol. The summed E-state index contributed by atoms with van der Waals surface area (Å²) < 4.78 is 1.57. The molecule has 0 aliphatic carbocycles. The molecule has 5 nitrogen and oxygen atoms in total. The van der Waals surface area contributed by atoms with Crippen LogP contribution in [0.25, 0.3) is 10.9 Å². The van der Waals surface area contributed by atoms with Crippen molar-refractivity contribution in [1.29, 1.82) is 0 Å². The average Bonchev–Trinajstić information content (AvgIpc) is 2.71. The maximum atomic E-state index is 12.8. The van der Waals surface area contributed by atoms with Crippen LogP contribution in [0, 0.1) is 0 Å². The number of allylic oxidation sites excluding steroid dienone is 1. The van der Waals surface area contributed by atoms with Crippen molar-refractivity contribution < 1.29 is 4.79 Å². The van der Waals surface area contributed by atoms with E-state index in [2.05, 4.69) is 11.6 Å². The number of nitrogens with zero attached hydrogens (tertiary/aromatic N) is 3. The van der Waals surface area contributed by atoms with Crippen molar-refractivity contribution in [2.45, 2.75) is 30.4 Å². The summed E-state index contributed by atoms with van der Waals surface area (Å²) in [6.07, 6.45) is 1.66. The van der Waals surface area contributed by atoms with Gasteiger partial charge in [-0.25, -0.2) is 4.98 Å². The first-order valence-electron chi connectivity index (χ1n) is 9.07. The number of carbonyl (C=O) groups excluding carboxylic acids is 1. The molecule has 6 heteroatoms. The summed E-state index contributed by atoms with van der Waals surface area (Å²) in [6, 6.07) is 17.1. The number of hydrogen-bond acceptors (Lipinski definition) is 4. The molecule has 0 N–H and O–H groups in total. The lowest BCUT2D eigenvalue weighted by molar-refractivity contribution is -0.129. The van der Waals surface area contributed by atoms with Gasteiger partial charge in [0.15, 0.2) is 5.16 Å². The van der Waals surface area contributed by atoms with E-state index in [9.17, 15) is 9.59 Å². The van der Waals surface area contributed by atoms with Crippen LogP contribution in [0.15, 0.2) is 77.2 Å². The van der Waals surface area contributed by atoms with Crippen molar-refractivity contribution in [2.75, 3.05) is 7.05 Å². The van der Waals surface area contributed by atoms with E-state index in [1.54, 1.807) is 28.7 Å². The molecule has 0 aliphatic rings. The minimum Gasteiger partial charge on any atom is -0.340 e. The first-order chi connectivity index (χ1) is 13.5. The zero-order valence-corrected chi connectivity index (χ0v) is 16.9. The molecule has 3 rings (SSSR count). The smallest absolute Gasteiger partial charge is 0.262 e. The van der Waals surface area contributed by atoms with Crippen LogP contribution in [0.3, 0.4) is 0 Å². The summed E-state index contributed by atoms with van der Waals surface area (Å²) >= 11 is 1.30. The number of hydrogen-bond donors (Lipinski definition) is 0. The molecule has 0 saturated carbocycles. The van der Waals surface area contributed by atoms with Crippen LogP contribution in [0.5, 0.6) is 0 Å². The number of benzene rings is 2. The highest BCUT2D eigenvalue weighted by atomic mass is 32.2. The maximum Gasteiger partial charge on any atom is 0.262 e. The summed E-state index contributed by atoms with van der Waals surface area (Å²) in [7, 11) is 1.79. The van der Waals surface area contributed by atoms with E-state index in [-0.39, 0.29) is 16.7 Å². The molecule has 1 heterocycles. The van der Waals surface area contributed by atoms with Gasteiger partial charge < -0.3 is 4.90 Å². The van der Waals surface area contributed by atoms with Crippen molar-refractivity contribution in [3.05, 3.63) is 83.2 Å². The average molecular weight is 394 g/mol. The van der Waals surface area contributed by atoms with Crippen molar-refractivity contribution in [3.63, 3.8) is 0 Å². The number of aromatic nitrogens is 2. The SMILES string of the molecule is C=CCn1c(S[C@@H](C)C(=O)N(C)Cc2ccccc2)nc2ccccc2c1=O. The van der Waals surface area contributed by atoms with Crippen LogP contribution in [0.1, 0.15) is 12.5 Å². The van der Waals surface area contributed by atoms with E-state index in [4.69, 9.17) is 0 Å². The van der Waals surface area contributed by atoms with Crippen LogP contribution < -0.4 is 5.56 Å². The number of amides is 1. The monoisotopic (exact) mass is 393 g/mol. The Labute approximate surface area is 168 Å². The molecule has 1 amide bonds. The summed E-state index contributed by atoms with van der Waals surface area (Å²) in [6.45, 7) is 6.46. The first-order valence-corrected chi connectivity index (χ1v) is 9.95. The van der Waals surface area contributed by atoms with E-state index in [1.165, 1.54) is 11.8 Å². The molecule has 0 spiro atoms. The normalized spacial score (nSPS) is 11.9. The van der Waals surface area contributed by atoms with Crippen molar-refractivity contribution in [2.24, 2.45) is 0 Å². The van der Waals surface area contributed by atoms with E-state index >= 15 is 0 Å². The Morgan fingerprint density at radius 3 is 2.61 bits per heavy atom. The molecule has 0 radical (unpaired) electrons. The minimum atomic E-state index is -0.377. The van der Waals surface area contributed by atoms with Gasteiger partial charge in [-0.2, -0.15) is 0 Å².